The lowest BCUT2D eigenvalue weighted by atomic mass is 10.0. The predicted molar refractivity (Wildman–Crippen MR) is 178 cm³/mol. The fourth-order valence-corrected chi connectivity index (χ4v) is 5.89. The fourth-order valence-electron chi connectivity index (χ4n) is 5.89. The van der Waals surface area contributed by atoms with E-state index in [0.29, 0.717) is 48.8 Å². The number of hydrogen-bond acceptors (Lipinski definition) is 9. The lowest BCUT2D eigenvalue weighted by Crippen LogP contribution is -2.47. The van der Waals surface area contributed by atoms with Gasteiger partial charge >= 0.3 is 0 Å². The third kappa shape index (κ3) is 9.00. The van der Waals surface area contributed by atoms with E-state index >= 15 is 0 Å². The molecule has 0 unspecified atom stereocenters. The number of aliphatic hydroxyl groups is 1. The first kappa shape index (κ1) is 34.2. The van der Waals surface area contributed by atoms with Gasteiger partial charge in [0.25, 0.3) is 11.8 Å². The van der Waals surface area contributed by atoms with Crippen molar-refractivity contribution in [1.29, 1.82) is 0 Å². The zero-order valence-electron chi connectivity index (χ0n) is 27.7. The molecule has 0 aliphatic carbocycles. The Hall–Kier alpha value is -4.19. The van der Waals surface area contributed by atoms with Gasteiger partial charge < -0.3 is 34.3 Å². The van der Waals surface area contributed by atoms with E-state index in [4.69, 9.17) is 18.9 Å². The number of pyridine rings is 1. The Labute approximate surface area is 276 Å². The Balaban J connectivity index is 1.38. The van der Waals surface area contributed by atoms with Gasteiger partial charge in [0.1, 0.15) is 5.75 Å². The van der Waals surface area contributed by atoms with Crippen molar-refractivity contribution in [1.82, 2.24) is 14.8 Å². The van der Waals surface area contributed by atoms with Crippen LogP contribution in [0.3, 0.4) is 0 Å². The highest BCUT2D eigenvalue weighted by atomic mass is 16.7. The summed E-state index contributed by atoms with van der Waals surface area (Å²) < 4.78 is 23.8. The first-order valence-corrected chi connectivity index (χ1v) is 16.3. The van der Waals surface area contributed by atoms with Crippen LogP contribution in [0.2, 0.25) is 0 Å². The van der Waals surface area contributed by atoms with Crippen LogP contribution in [-0.4, -0.2) is 90.1 Å². The van der Waals surface area contributed by atoms with Crippen molar-refractivity contribution >= 4 is 17.5 Å². The highest BCUT2D eigenvalue weighted by molar-refractivity contribution is 6.05. The smallest absolute Gasteiger partial charge is 0.258 e. The molecule has 2 N–H and O–H groups in total. The lowest BCUT2D eigenvalue weighted by Gasteiger charge is -2.36. The standard InChI is InChI=1S/C36H46N4O7/c1-24-19-40(25(2)22-41)36(43)30-18-29(38-35(42)28-12-14-37-15-13-28)9-11-31(30)47-26(3)7-5-6-16-44-34(24)21-39(4)20-27-8-10-32-33(17-27)46-23-45-32/h8-15,17-18,24-26,34,41H,5-7,16,19-23H2,1-4H3,(H,38,42)/t24-,25-,26+,34+/m0/s1. The summed E-state index contributed by atoms with van der Waals surface area (Å²) in [7, 11) is 2.06. The van der Waals surface area contributed by atoms with Gasteiger partial charge in [-0.1, -0.05) is 13.0 Å². The number of ether oxygens (including phenoxy) is 4. The molecule has 5 rings (SSSR count). The van der Waals surface area contributed by atoms with Gasteiger partial charge in [0.15, 0.2) is 11.5 Å². The van der Waals surface area contributed by atoms with Gasteiger partial charge in [0.05, 0.1) is 30.4 Å². The molecule has 11 nitrogen and oxygen atoms in total. The molecular formula is C36H46N4O7. The highest BCUT2D eigenvalue weighted by Gasteiger charge is 2.30. The van der Waals surface area contributed by atoms with Crippen LogP contribution >= 0.6 is 0 Å². The summed E-state index contributed by atoms with van der Waals surface area (Å²) in [6, 6.07) is 13.9. The molecule has 2 aromatic carbocycles. The van der Waals surface area contributed by atoms with Crippen LogP contribution in [0.1, 0.15) is 66.3 Å². The summed E-state index contributed by atoms with van der Waals surface area (Å²) in [6.07, 6.45) is 5.37. The maximum atomic E-state index is 14.4. The maximum Gasteiger partial charge on any atom is 0.258 e. The zero-order chi connectivity index (χ0) is 33.3. The number of aliphatic hydroxyl groups excluding tert-OH is 1. The van der Waals surface area contributed by atoms with Crippen LogP contribution in [0.5, 0.6) is 17.2 Å². The number of benzene rings is 2. The number of likely N-dealkylation sites (N-methyl/N-ethyl adjacent to an activating group) is 1. The largest absolute Gasteiger partial charge is 0.490 e. The Kier molecular flexibility index (Phi) is 11.7. The van der Waals surface area contributed by atoms with Crippen LogP contribution in [0, 0.1) is 5.92 Å². The number of aromatic nitrogens is 1. The number of amides is 2. The van der Waals surface area contributed by atoms with Crippen LogP contribution in [0.25, 0.3) is 0 Å². The first-order chi connectivity index (χ1) is 22.7. The molecular weight excluding hydrogens is 600 g/mol. The summed E-state index contributed by atoms with van der Waals surface area (Å²) in [6.45, 7) is 8.21. The SMILES string of the molecule is C[C@@H]1CCCCO[C@H](CN(C)Cc2ccc3c(c2)OCO3)[C@@H](C)CN([C@@H](C)CO)C(=O)c2cc(NC(=O)c3ccncc3)ccc2O1. The van der Waals surface area contributed by atoms with Gasteiger partial charge in [0, 0.05) is 55.8 Å². The summed E-state index contributed by atoms with van der Waals surface area (Å²) >= 11 is 0. The van der Waals surface area contributed by atoms with Gasteiger partial charge in [-0.2, -0.15) is 0 Å². The average molecular weight is 647 g/mol. The van der Waals surface area contributed by atoms with E-state index in [2.05, 4.69) is 29.2 Å². The van der Waals surface area contributed by atoms with Crippen LogP contribution < -0.4 is 19.5 Å². The zero-order valence-corrected chi connectivity index (χ0v) is 27.7. The number of fused-ring (bicyclic) bond motifs is 2. The summed E-state index contributed by atoms with van der Waals surface area (Å²) in [5.41, 5.74) is 2.35. The number of carbonyl (C=O) groups excluding carboxylic acids is 2. The van der Waals surface area contributed by atoms with E-state index in [-0.39, 0.29) is 43.3 Å². The van der Waals surface area contributed by atoms with Crippen LogP contribution in [-0.2, 0) is 11.3 Å². The topological polar surface area (TPSA) is 123 Å². The molecule has 2 amide bonds. The summed E-state index contributed by atoms with van der Waals surface area (Å²) in [5.74, 6) is 1.29. The predicted octanol–water partition coefficient (Wildman–Crippen LogP) is 4.99. The van der Waals surface area contributed by atoms with Crippen molar-refractivity contribution < 1.29 is 33.6 Å². The molecule has 4 atom stereocenters. The molecule has 0 bridgehead atoms. The lowest BCUT2D eigenvalue weighted by molar-refractivity contribution is -0.0177. The molecule has 2 aliphatic rings. The Bertz CT molecular complexity index is 1500. The molecule has 3 aromatic rings. The number of carbonyl (C=O) groups is 2. The number of anilines is 1. The average Bonchev–Trinajstić information content (AvgIpc) is 3.54. The van der Waals surface area contributed by atoms with E-state index in [1.165, 1.54) is 0 Å². The van der Waals surface area contributed by atoms with Crippen LogP contribution in [0.15, 0.2) is 60.9 Å². The van der Waals surface area contributed by atoms with Crippen molar-refractivity contribution in [2.45, 2.75) is 64.8 Å². The van der Waals surface area contributed by atoms with Crippen molar-refractivity contribution in [3.05, 3.63) is 77.6 Å². The Morgan fingerprint density at radius 1 is 1.06 bits per heavy atom. The molecule has 2 aliphatic heterocycles. The minimum Gasteiger partial charge on any atom is -0.490 e. The minimum absolute atomic E-state index is 0.0621. The molecule has 1 aromatic heterocycles. The first-order valence-electron chi connectivity index (χ1n) is 16.3. The van der Waals surface area contributed by atoms with E-state index in [1.54, 1.807) is 47.6 Å². The fraction of sp³-hybridized carbons (Fsp3) is 0.472. The van der Waals surface area contributed by atoms with Gasteiger partial charge in [-0.25, -0.2) is 0 Å². The van der Waals surface area contributed by atoms with Gasteiger partial charge in [0.2, 0.25) is 6.79 Å². The maximum absolute atomic E-state index is 14.4. The monoisotopic (exact) mass is 646 g/mol. The van der Waals surface area contributed by atoms with E-state index < -0.39 is 6.04 Å². The van der Waals surface area contributed by atoms with E-state index in [1.807, 2.05) is 32.0 Å². The molecule has 3 heterocycles. The normalized spacial score (nSPS) is 21.0. The highest BCUT2D eigenvalue weighted by Crippen LogP contribution is 2.33. The molecule has 252 valence electrons. The van der Waals surface area contributed by atoms with Crippen molar-refractivity contribution in [2.75, 3.05) is 45.5 Å². The van der Waals surface area contributed by atoms with Gasteiger partial charge in [-0.05, 0) is 88.2 Å². The number of hydrogen-bond donors (Lipinski definition) is 2. The third-order valence-electron chi connectivity index (χ3n) is 8.63. The quantitative estimate of drug-likeness (QED) is 0.349. The van der Waals surface area contributed by atoms with Crippen molar-refractivity contribution in [2.24, 2.45) is 5.92 Å². The summed E-state index contributed by atoms with van der Waals surface area (Å²) in [5, 5.41) is 13.1. The second-order valence-electron chi connectivity index (χ2n) is 12.6. The van der Waals surface area contributed by atoms with E-state index in [0.717, 1.165) is 36.3 Å². The molecule has 11 heteroatoms. The Morgan fingerprint density at radius 3 is 2.62 bits per heavy atom. The van der Waals surface area contributed by atoms with Crippen LogP contribution in [0.4, 0.5) is 5.69 Å². The molecule has 0 spiro atoms. The number of rotatable bonds is 8. The van der Waals surface area contributed by atoms with Crippen molar-refractivity contribution in [3.63, 3.8) is 0 Å². The minimum atomic E-state index is -0.467. The van der Waals surface area contributed by atoms with Gasteiger partial charge in [-0.3, -0.25) is 19.5 Å². The molecule has 0 saturated carbocycles. The number of nitrogens with zero attached hydrogens (tertiary/aromatic N) is 3. The molecule has 47 heavy (non-hydrogen) atoms. The molecule has 0 radical (unpaired) electrons. The van der Waals surface area contributed by atoms with Crippen molar-refractivity contribution in [3.8, 4) is 17.2 Å². The van der Waals surface area contributed by atoms with Gasteiger partial charge in [-0.15, -0.1) is 0 Å². The number of nitrogens with one attached hydrogen (secondary N) is 1. The second kappa shape index (κ2) is 16.1. The molecule has 0 saturated heterocycles. The van der Waals surface area contributed by atoms with E-state index in [9.17, 15) is 14.7 Å². The third-order valence-corrected chi connectivity index (χ3v) is 8.63. The Morgan fingerprint density at radius 2 is 1.83 bits per heavy atom. The summed E-state index contributed by atoms with van der Waals surface area (Å²) in [4.78, 5) is 35.2. The molecule has 0 fully saturated rings. The second-order valence-corrected chi connectivity index (χ2v) is 12.6.